The number of pyridine rings is 1. The van der Waals surface area contributed by atoms with Crippen molar-refractivity contribution < 1.29 is 19.2 Å². The fourth-order valence-corrected chi connectivity index (χ4v) is 8.12. The Kier molecular flexibility index (Phi) is 11.3. The van der Waals surface area contributed by atoms with Gasteiger partial charge in [0.05, 0.1) is 34.7 Å². The third kappa shape index (κ3) is 8.40. The molecule has 2 aliphatic rings. The van der Waals surface area contributed by atoms with Crippen LogP contribution in [0.4, 0.5) is 11.4 Å². The number of hydrogen-bond donors (Lipinski definition) is 3. The van der Waals surface area contributed by atoms with Gasteiger partial charge in [0, 0.05) is 50.3 Å². The number of fused-ring (bicyclic) bond motifs is 2. The molecule has 1 unspecified atom stereocenters. The Hall–Kier alpha value is -5.59. The maximum atomic E-state index is 12.9. The molecule has 0 bridgehead atoms. The molecule has 5 heterocycles. The molecule has 0 spiro atoms. The van der Waals surface area contributed by atoms with Crippen molar-refractivity contribution in [1.82, 2.24) is 35.0 Å². The summed E-state index contributed by atoms with van der Waals surface area (Å²) in [7, 11) is 1.80. The van der Waals surface area contributed by atoms with Crippen LogP contribution in [0.15, 0.2) is 60.8 Å². The van der Waals surface area contributed by atoms with Gasteiger partial charge in [-0.2, -0.15) is 5.10 Å². The number of piperidine rings is 1. The van der Waals surface area contributed by atoms with Crippen molar-refractivity contribution in [1.29, 1.82) is 0 Å². The number of aromatic nitrogens is 5. The molecule has 7 rings (SSSR count). The van der Waals surface area contributed by atoms with Gasteiger partial charge in [-0.1, -0.05) is 81.5 Å². The number of anilines is 2. The summed E-state index contributed by atoms with van der Waals surface area (Å²) in [6.45, 7) is 6.80. The molecule has 0 radical (unpaired) electrons. The van der Waals surface area contributed by atoms with Gasteiger partial charge in [0.2, 0.25) is 23.5 Å². The van der Waals surface area contributed by atoms with Crippen LogP contribution in [0.25, 0.3) is 16.6 Å². The fourth-order valence-electron chi connectivity index (χ4n) is 8.12. The highest BCUT2D eigenvalue weighted by Gasteiger charge is 2.36. The average Bonchev–Trinajstić information content (AvgIpc) is 3.89. The number of carbonyl (C=O) groups is 4. The largest absolute Gasteiger partial charge is 0.369 e. The van der Waals surface area contributed by atoms with E-state index in [4.69, 9.17) is 0 Å². The average molecular weight is 746 g/mol. The van der Waals surface area contributed by atoms with Gasteiger partial charge in [-0.05, 0) is 55.9 Å². The maximum absolute atomic E-state index is 12.9. The van der Waals surface area contributed by atoms with Gasteiger partial charge < -0.3 is 15.5 Å². The van der Waals surface area contributed by atoms with E-state index in [0.29, 0.717) is 36.4 Å². The highest BCUT2D eigenvalue weighted by Crippen LogP contribution is 2.37. The number of hydrogen-bond acceptors (Lipinski definition) is 8. The molecule has 2 aliphatic heterocycles. The smallest absolute Gasteiger partial charge is 0.290 e. The molecule has 2 saturated heterocycles. The summed E-state index contributed by atoms with van der Waals surface area (Å²) in [4.78, 5) is 56.8. The standard InChI is InChI=1S/C42H51N9O4/c1-28-25-30(50-24-22-42(2,27-50)29-15-10-9-11-16-29)26-51-39(28)46-38(48-51)41(55)43-23-13-8-6-4-5-7-12-19-34(52)44-33-18-14-17-31-36(47-49(3)37(31)33)32-20-21-35(53)45-40(32)54/h9-11,14-18,25-26,32H,4-8,12-13,19-24,27H2,1-3H3,(H,43,55)(H,44,52)(H,45,53,54)/t32?,42-/m0/s1. The van der Waals surface area contributed by atoms with Gasteiger partial charge in [-0.25, -0.2) is 9.50 Å². The first kappa shape index (κ1) is 37.7. The van der Waals surface area contributed by atoms with Crippen LogP contribution in [0, 0.1) is 6.92 Å². The highest BCUT2D eigenvalue weighted by molar-refractivity contribution is 6.05. The van der Waals surface area contributed by atoms with E-state index in [1.807, 2.05) is 31.3 Å². The molecule has 4 amide bonds. The Bertz CT molecular complexity index is 2210. The number of aryl methyl sites for hydroxylation is 2. The lowest BCUT2D eigenvalue weighted by Gasteiger charge is -2.26. The van der Waals surface area contributed by atoms with E-state index in [-0.39, 0.29) is 41.3 Å². The van der Waals surface area contributed by atoms with Crippen LogP contribution in [-0.2, 0) is 26.8 Å². The summed E-state index contributed by atoms with van der Waals surface area (Å²) in [6.07, 6.45) is 11.0. The number of benzene rings is 2. The molecular weight excluding hydrogens is 695 g/mol. The second kappa shape index (κ2) is 16.4. The number of unbranched alkanes of at least 4 members (excludes halogenated alkanes) is 6. The monoisotopic (exact) mass is 745 g/mol. The Morgan fingerprint density at radius 3 is 2.51 bits per heavy atom. The number of imide groups is 1. The quantitative estimate of drug-likeness (QED) is 0.0858. The van der Waals surface area contributed by atoms with E-state index < -0.39 is 5.92 Å². The summed E-state index contributed by atoms with van der Waals surface area (Å²) in [5, 5.41) is 18.4. The van der Waals surface area contributed by atoms with Crippen molar-refractivity contribution >= 4 is 51.6 Å². The topological polar surface area (TPSA) is 156 Å². The van der Waals surface area contributed by atoms with Crippen LogP contribution in [-0.4, -0.2) is 67.6 Å². The predicted molar refractivity (Wildman–Crippen MR) is 212 cm³/mol. The molecule has 288 valence electrons. The molecule has 3 N–H and O–H groups in total. The van der Waals surface area contributed by atoms with Gasteiger partial charge in [-0.3, -0.25) is 29.2 Å². The lowest BCUT2D eigenvalue weighted by molar-refractivity contribution is -0.134. The summed E-state index contributed by atoms with van der Waals surface area (Å²) in [6, 6.07) is 18.4. The lowest BCUT2D eigenvalue weighted by atomic mass is 9.82. The SMILES string of the molecule is Cc1cc(N2CC[C@](C)(c3ccccc3)C2)cn2nc(C(=O)NCCCCCCCCCC(=O)Nc3cccc4c(C5CCC(=O)NC5=O)nn(C)c34)nc12. The van der Waals surface area contributed by atoms with Gasteiger partial charge in [0.15, 0.2) is 5.65 Å². The van der Waals surface area contributed by atoms with Gasteiger partial charge in [-0.15, -0.1) is 5.10 Å². The normalized spacial score (nSPS) is 18.6. The zero-order valence-electron chi connectivity index (χ0n) is 32.1. The van der Waals surface area contributed by atoms with Crippen LogP contribution in [0.1, 0.15) is 111 Å². The molecule has 55 heavy (non-hydrogen) atoms. The summed E-state index contributed by atoms with van der Waals surface area (Å²) in [5.41, 5.74) is 6.26. The summed E-state index contributed by atoms with van der Waals surface area (Å²) in [5.74, 6) is -1.21. The van der Waals surface area contributed by atoms with Crippen molar-refractivity contribution in [3.63, 3.8) is 0 Å². The van der Waals surface area contributed by atoms with E-state index in [2.05, 4.69) is 79.4 Å². The zero-order valence-corrected chi connectivity index (χ0v) is 32.1. The van der Waals surface area contributed by atoms with Crippen LogP contribution < -0.4 is 20.9 Å². The fraction of sp³-hybridized carbons (Fsp3) is 0.452. The van der Waals surface area contributed by atoms with Crippen molar-refractivity contribution in [3.05, 3.63) is 83.4 Å². The van der Waals surface area contributed by atoms with E-state index >= 15 is 0 Å². The molecule has 0 saturated carbocycles. The van der Waals surface area contributed by atoms with Gasteiger partial charge in [0.1, 0.15) is 0 Å². The number of carbonyl (C=O) groups excluding carboxylic acids is 4. The molecule has 3 aromatic heterocycles. The summed E-state index contributed by atoms with van der Waals surface area (Å²) < 4.78 is 3.43. The second-order valence-corrected chi connectivity index (χ2v) is 15.4. The molecule has 13 nitrogen and oxygen atoms in total. The lowest BCUT2D eigenvalue weighted by Crippen LogP contribution is -2.39. The molecular formula is C42H51N9O4. The minimum atomic E-state index is -0.496. The number of nitrogens with zero attached hydrogens (tertiary/aromatic N) is 6. The molecule has 2 atom stereocenters. The third-order valence-corrected chi connectivity index (χ3v) is 11.2. The zero-order chi connectivity index (χ0) is 38.5. The Labute approximate surface area is 321 Å². The highest BCUT2D eigenvalue weighted by atomic mass is 16.2. The van der Waals surface area contributed by atoms with Crippen LogP contribution in [0.3, 0.4) is 0 Å². The van der Waals surface area contributed by atoms with E-state index in [9.17, 15) is 19.2 Å². The van der Waals surface area contributed by atoms with Crippen molar-refractivity contribution in [3.8, 4) is 0 Å². The second-order valence-electron chi connectivity index (χ2n) is 15.4. The maximum Gasteiger partial charge on any atom is 0.290 e. The van der Waals surface area contributed by atoms with Crippen molar-refractivity contribution in [2.75, 3.05) is 29.9 Å². The molecule has 13 heteroatoms. The molecule has 2 fully saturated rings. The first-order valence-electron chi connectivity index (χ1n) is 19.6. The van der Waals surface area contributed by atoms with Crippen LogP contribution >= 0.6 is 0 Å². The Balaban J connectivity index is 0.792. The number of amides is 4. The number of para-hydroxylation sites is 1. The van der Waals surface area contributed by atoms with E-state index in [1.54, 1.807) is 16.2 Å². The minimum Gasteiger partial charge on any atom is -0.369 e. The third-order valence-electron chi connectivity index (χ3n) is 11.2. The number of rotatable bonds is 15. The predicted octanol–water partition coefficient (Wildman–Crippen LogP) is 6.10. The van der Waals surface area contributed by atoms with Gasteiger partial charge in [0.25, 0.3) is 5.91 Å². The van der Waals surface area contributed by atoms with Crippen LogP contribution in [0.2, 0.25) is 0 Å². The molecule has 2 aromatic carbocycles. The number of nitrogens with one attached hydrogen (secondary N) is 3. The Morgan fingerprint density at radius 2 is 1.73 bits per heavy atom. The van der Waals surface area contributed by atoms with Crippen molar-refractivity contribution in [2.24, 2.45) is 7.05 Å². The molecule has 5 aromatic rings. The first-order chi connectivity index (χ1) is 26.6. The molecule has 0 aliphatic carbocycles. The minimum absolute atomic E-state index is 0.0549. The first-order valence-corrected chi connectivity index (χ1v) is 19.6. The summed E-state index contributed by atoms with van der Waals surface area (Å²) >= 11 is 0. The van der Waals surface area contributed by atoms with E-state index in [1.165, 1.54) is 5.56 Å². The van der Waals surface area contributed by atoms with Crippen molar-refractivity contribution in [2.45, 2.75) is 95.8 Å². The van der Waals surface area contributed by atoms with Crippen LogP contribution in [0.5, 0.6) is 0 Å². The van der Waals surface area contributed by atoms with E-state index in [0.717, 1.165) is 86.6 Å². The van der Waals surface area contributed by atoms with Gasteiger partial charge >= 0.3 is 0 Å². The Morgan fingerprint density at radius 1 is 0.964 bits per heavy atom.